The molecule has 0 aromatic heterocycles. The number of aryl methyl sites for hydroxylation is 2. The number of rotatable bonds is 2. The van der Waals surface area contributed by atoms with Gasteiger partial charge in [-0.25, -0.2) is 0 Å². The van der Waals surface area contributed by atoms with E-state index in [0.29, 0.717) is 0 Å². The molecule has 0 spiro atoms. The molecule has 12 heavy (non-hydrogen) atoms. The van der Waals surface area contributed by atoms with Gasteiger partial charge >= 0.3 is 0 Å². The van der Waals surface area contributed by atoms with Gasteiger partial charge in [0.15, 0.2) is 0 Å². The quantitative estimate of drug-likeness (QED) is 0.693. The molecule has 0 saturated carbocycles. The third-order valence-electron chi connectivity index (χ3n) is 2.02. The van der Waals surface area contributed by atoms with E-state index < -0.39 is 0 Å². The molecule has 0 fully saturated rings. The van der Waals surface area contributed by atoms with Crippen LogP contribution in [0, 0.1) is 13.8 Å². The van der Waals surface area contributed by atoms with Crippen LogP contribution >= 0.6 is 0 Å². The van der Waals surface area contributed by atoms with Gasteiger partial charge in [0, 0.05) is 0 Å². The fraction of sp³-hybridized carbons (Fsp3) is 0.400. The van der Waals surface area contributed by atoms with Crippen molar-refractivity contribution in [1.29, 1.82) is 0 Å². The molecule has 1 aromatic carbocycles. The molecule has 0 unspecified atom stereocenters. The second kappa shape index (κ2) is 3.70. The lowest BCUT2D eigenvalue weighted by Gasteiger charge is -2.11. The molecular weight excluding hydrogens is 150 g/mol. The minimum Gasteiger partial charge on any atom is -0.394 e. The Bertz CT molecular complexity index is 271. The largest absolute Gasteiger partial charge is 0.394 e. The van der Waals surface area contributed by atoms with Crippen molar-refractivity contribution in [2.24, 2.45) is 5.73 Å². The van der Waals surface area contributed by atoms with Crippen molar-refractivity contribution >= 4 is 0 Å². The first-order valence-corrected chi connectivity index (χ1v) is 4.08. The first kappa shape index (κ1) is 9.23. The lowest BCUT2D eigenvalue weighted by atomic mass is 10.0. The first-order chi connectivity index (χ1) is 5.65. The number of hydrogen-bond donors (Lipinski definition) is 2. The van der Waals surface area contributed by atoms with E-state index in [1.165, 1.54) is 5.56 Å². The van der Waals surface area contributed by atoms with Gasteiger partial charge in [-0.3, -0.25) is 0 Å². The molecule has 0 aliphatic carbocycles. The summed E-state index contributed by atoms with van der Waals surface area (Å²) in [6.45, 7) is 4.06. The summed E-state index contributed by atoms with van der Waals surface area (Å²) in [6.07, 6.45) is 0. The normalized spacial score (nSPS) is 13.0. The van der Waals surface area contributed by atoms with E-state index >= 15 is 0 Å². The van der Waals surface area contributed by atoms with Crippen molar-refractivity contribution < 1.29 is 5.11 Å². The zero-order chi connectivity index (χ0) is 9.14. The van der Waals surface area contributed by atoms with E-state index in [4.69, 9.17) is 10.8 Å². The lowest BCUT2D eigenvalue weighted by Crippen LogP contribution is -2.15. The summed E-state index contributed by atoms with van der Waals surface area (Å²) < 4.78 is 0. The maximum absolute atomic E-state index is 8.86. The molecular formula is C10H15NO. The van der Waals surface area contributed by atoms with Crippen molar-refractivity contribution in [1.82, 2.24) is 0 Å². The van der Waals surface area contributed by atoms with Crippen LogP contribution in [0.15, 0.2) is 18.2 Å². The number of benzene rings is 1. The number of aliphatic hydroxyl groups excluding tert-OH is 1. The summed E-state index contributed by atoms with van der Waals surface area (Å²) in [7, 11) is 0. The summed E-state index contributed by atoms with van der Waals surface area (Å²) in [5.74, 6) is 0. The monoisotopic (exact) mass is 165 g/mol. The van der Waals surface area contributed by atoms with Gasteiger partial charge in [-0.1, -0.05) is 23.8 Å². The number of aliphatic hydroxyl groups is 1. The maximum Gasteiger partial charge on any atom is 0.0624 e. The van der Waals surface area contributed by atoms with Crippen LogP contribution < -0.4 is 5.73 Å². The Kier molecular flexibility index (Phi) is 2.84. The van der Waals surface area contributed by atoms with Gasteiger partial charge in [0.2, 0.25) is 0 Å². The first-order valence-electron chi connectivity index (χ1n) is 4.08. The van der Waals surface area contributed by atoms with E-state index in [-0.39, 0.29) is 12.6 Å². The minimum atomic E-state index is -0.245. The van der Waals surface area contributed by atoms with Crippen LogP contribution in [0.4, 0.5) is 0 Å². The van der Waals surface area contributed by atoms with Crippen molar-refractivity contribution in [2.75, 3.05) is 6.61 Å². The maximum atomic E-state index is 8.86. The highest BCUT2D eigenvalue weighted by Gasteiger charge is 2.06. The second-order valence-electron chi connectivity index (χ2n) is 3.15. The zero-order valence-electron chi connectivity index (χ0n) is 7.54. The number of hydrogen-bond acceptors (Lipinski definition) is 2. The molecule has 3 N–H and O–H groups in total. The standard InChI is InChI=1S/C10H15NO/c1-7-3-4-9(8(2)5-7)10(11)6-12/h3-5,10,12H,6,11H2,1-2H3/t10-/m1/s1. The predicted octanol–water partition coefficient (Wildman–Crippen LogP) is 1.30. The SMILES string of the molecule is Cc1ccc([C@H](N)CO)c(C)c1. The third kappa shape index (κ3) is 1.84. The summed E-state index contributed by atoms with van der Waals surface area (Å²) in [6, 6.07) is 5.82. The van der Waals surface area contributed by atoms with Crippen molar-refractivity contribution in [3.8, 4) is 0 Å². The molecule has 2 heteroatoms. The van der Waals surface area contributed by atoms with Gasteiger partial charge in [-0.05, 0) is 25.0 Å². The zero-order valence-corrected chi connectivity index (χ0v) is 7.54. The van der Waals surface area contributed by atoms with Gasteiger partial charge in [0.1, 0.15) is 0 Å². The number of nitrogens with two attached hydrogens (primary N) is 1. The fourth-order valence-corrected chi connectivity index (χ4v) is 1.34. The molecule has 1 atom stereocenters. The molecule has 66 valence electrons. The Hall–Kier alpha value is -0.860. The molecule has 1 aromatic rings. The molecule has 0 heterocycles. The van der Waals surface area contributed by atoms with Gasteiger partial charge in [0.25, 0.3) is 0 Å². The average molecular weight is 165 g/mol. The smallest absolute Gasteiger partial charge is 0.0624 e. The molecule has 1 rings (SSSR count). The van der Waals surface area contributed by atoms with Crippen LogP contribution in [-0.2, 0) is 0 Å². The van der Waals surface area contributed by atoms with Crippen molar-refractivity contribution in [2.45, 2.75) is 19.9 Å². The fourth-order valence-electron chi connectivity index (χ4n) is 1.34. The van der Waals surface area contributed by atoms with Crippen LogP contribution in [0.5, 0.6) is 0 Å². The topological polar surface area (TPSA) is 46.2 Å². The van der Waals surface area contributed by atoms with E-state index in [2.05, 4.69) is 6.07 Å². The van der Waals surface area contributed by atoms with Gasteiger partial charge in [-0.15, -0.1) is 0 Å². The van der Waals surface area contributed by atoms with E-state index in [0.717, 1.165) is 11.1 Å². The van der Waals surface area contributed by atoms with Crippen LogP contribution in [0.25, 0.3) is 0 Å². The molecule has 0 amide bonds. The summed E-state index contributed by atoms with van der Waals surface area (Å²) in [5, 5.41) is 8.86. The summed E-state index contributed by atoms with van der Waals surface area (Å²) in [4.78, 5) is 0. The average Bonchev–Trinajstić information content (AvgIpc) is 2.03. The molecule has 0 aliphatic heterocycles. The Labute approximate surface area is 73.0 Å². The Morgan fingerprint density at radius 1 is 1.42 bits per heavy atom. The van der Waals surface area contributed by atoms with Crippen LogP contribution in [0.2, 0.25) is 0 Å². The highest BCUT2D eigenvalue weighted by molar-refractivity contribution is 5.32. The van der Waals surface area contributed by atoms with E-state index in [9.17, 15) is 0 Å². The Morgan fingerprint density at radius 2 is 2.08 bits per heavy atom. The highest BCUT2D eigenvalue weighted by Crippen LogP contribution is 2.16. The van der Waals surface area contributed by atoms with Crippen molar-refractivity contribution in [3.05, 3.63) is 34.9 Å². The Morgan fingerprint density at radius 3 is 2.58 bits per heavy atom. The molecule has 0 radical (unpaired) electrons. The van der Waals surface area contributed by atoms with Crippen LogP contribution in [0.3, 0.4) is 0 Å². The van der Waals surface area contributed by atoms with Gasteiger partial charge in [-0.2, -0.15) is 0 Å². The Balaban J connectivity index is 3.01. The molecule has 0 aliphatic rings. The molecule has 0 saturated heterocycles. The summed E-state index contributed by atoms with van der Waals surface area (Å²) in [5.41, 5.74) is 9.10. The van der Waals surface area contributed by atoms with E-state index in [1.54, 1.807) is 0 Å². The lowest BCUT2D eigenvalue weighted by molar-refractivity contribution is 0.267. The summed E-state index contributed by atoms with van der Waals surface area (Å²) >= 11 is 0. The minimum absolute atomic E-state index is 0.00387. The second-order valence-corrected chi connectivity index (χ2v) is 3.15. The third-order valence-corrected chi connectivity index (χ3v) is 2.02. The highest BCUT2D eigenvalue weighted by atomic mass is 16.3. The van der Waals surface area contributed by atoms with E-state index in [1.807, 2.05) is 26.0 Å². The van der Waals surface area contributed by atoms with Crippen LogP contribution in [0.1, 0.15) is 22.7 Å². The molecule has 2 nitrogen and oxygen atoms in total. The predicted molar refractivity (Wildman–Crippen MR) is 49.9 cm³/mol. The van der Waals surface area contributed by atoms with Gasteiger partial charge in [0.05, 0.1) is 12.6 Å². The molecule has 0 bridgehead atoms. The van der Waals surface area contributed by atoms with Gasteiger partial charge < -0.3 is 10.8 Å². The van der Waals surface area contributed by atoms with Crippen LogP contribution in [-0.4, -0.2) is 11.7 Å². The van der Waals surface area contributed by atoms with Crippen molar-refractivity contribution in [3.63, 3.8) is 0 Å².